The Kier molecular flexibility index (Phi) is 3.70. The highest BCUT2D eigenvalue weighted by atomic mass is 15.5. The summed E-state index contributed by atoms with van der Waals surface area (Å²) < 4.78 is 0. The summed E-state index contributed by atoms with van der Waals surface area (Å²) in [6.45, 7) is 4.37. The zero-order valence-electron chi connectivity index (χ0n) is 7.75. The molecule has 1 rings (SSSR count). The Labute approximate surface area is 72.8 Å². The number of aromatic amines is 1. The van der Waals surface area contributed by atoms with Gasteiger partial charge < -0.3 is 0 Å². The molecule has 0 saturated heterocycles. The molecule has 0 amide bonds. The number of rotatable bonds is 5. The Hall–Kier alpha value is -0.930. The van der Waals surface area contributed by atoms with Crippen LogP contribution in [0.5, 0.6) is 0 Å². The summed E-state index contributed by atoms with van der Waals surface area (Å²) in [5.41, 5.74) is 0. The summed E-state index contributed by atoms with van der Waals surface area (Å²) in [5.74, 6) is 1.37. The summed E-state index contributed by atoms with van der Waals surface area (Å²) >= 11 is 0. The number of hydrogen-bond donors (Lipinski definition) is 1. The molecular formula is C8H16N4. The van der Waals surface area contributed by atoms with Crippen LogP contribution in [0.1, 0.15) is 51.3 Å². The highest BCUT2D eigenvalue weighted by Crippen LogP contribution is 2.21. The lowest BCUT2D eigenvalue weighted by Crippen LogP contribution is -2.00. The first-order valence-corrected chi connectivity index (χ1v) is 4.61. The molecule has 0 aliphatic carbocycles. The monoisotopic (exact) mass is 168 g/mol. The molecule has 0 aliphatic rings. The summed E-state index contributed by atoms with van der Waals surface area (Å²) in [5, 5.41) is 14.1. The van der Waals surface area contributed by atoms with Crippen molar-refractivity contribution in [1.82, 2.24) is 20.6 Å². The van der Waals surface area contributed by atoms with E-state index in [2.05, 4.69) is 34.5 Å². The molecule has 0 unspecified atom stereocenters. The molecule has 12 heavy (non-hydrogen) atoms. The first kappa shape index (κ1) is 9.16. The summed E-state index contributed by atoms with van der Waals surface area (Å²) in [7, 11) is 0. The average molecular weight is 168 g/mol. The number of nitrogens with zero attached hydrogens (tertiary/aromatic N) is 3. The Bertz CT molecular complexity index is 189. The highest BCUT2D eigenvalue weighted by Gasteiger charge is 2.13. The van der Waals surface area contributed by atoms with Crippen molar-refractivity contribution in [1.29, 1.82) is 0 Å². The SMILES string of the molecule is CCCC(CCC)c1nn[nH]n1. The Morgan fingerprint density at radius 1 is 1.25 bits per heavy atom. The van der Waals surface area contributed by atoms with Gasteiger partial charge in [-0.3, -0.25) is 0 Å². The minimum Gasteiger partial charge on any atom is -0.177 e. The Morgan fingerprint density at radius 2 is 1.92 bits per heavy atom. The molecule has 0 aromatic carbocycles. The van der Waals surface area contributed by atoms with Crippen LogP contribution in [0.15, 0.2) is 0 Å². The molecule has 1 N–H and O–H groups in total. The van der Waals surface area contributed by atoms with Gasteiger partial charge in [0.25, 0.3) is 0 Å². The average Bonchev–Trinajstić information content (AvgIpc) is 2.56. The van der Waals surface area contributed by atoms with Gasteiger partial charge in [0, 0.05) is 5.92 Å². The van der Waals surface area contributed by atoms with Crippen molar-refractivity contribution in [3.05, 3.63) is 5.82 Å². The number of H-pyrrole nitrogens is 1. The second-order valence-corrected chi connectivity index (χ2v) is 3.04. The van der Waals surface area contributed by atoms with Gasteiger partial charge in [-0.25, -0.2) is 0 Å². The minimum atomic E-state index is 0.499. The number of hydrogen-bond acceptors (Lipinski definition) is 3. The molecule has 4 heteroatoms. The first-order valence-electron chi connectivity index (χ1n) is 4.61. The third-order valence-electron chi connectivity index (χ3n) is 2.00. The summed E-state index contributed by atoms with van der Waals surface area (Å²) in [6.07, 6.45) is 4.68. The van der Waals surface area contributed by atoms with E-state index in [0.717, 1.165) is 18.7 Å². The van der Waals surface area contributed by atoms with E-state index in [9.17, 15) is 0 Å². The molecule has 0 spiro atoms. The van der Waals surface area contributed by atoms with Crippen LogP contribution >= 0.6 is 0 Å². The third kappa shape index (κ3) is 2.29. The van der Waals surface area contributed by atoms with Crippen molar-refractivity contribution in [3.63, 3.8) is 0 Å². The predicted octanol–water partition coefficient (Wildman–Crippen LogP) is 1.88. The van der Waals surface area contributed by atoms with Crippen LogP contribution in [-0.4, -0.2) is 20.6 Å². The van der Waals surface area contributed by atoms with E-state index in [1.807, 2.05) is 0 Å². The quantitative estimate of drug-likeness (QED) is 0.730. The second kappa shape index (κ2) is 4.85. The maximum atomic E-state index is 4.01. The van der Waals surface area contributed by atoms with Crippen LogP contribution in [0.4, 0.5) is 0 Å². The normalized spacial score (nSPS) is 10.9. The lowest BCUT2D eigenvalue weighted by atomic mass is 9.98. The standard InChI is InChI=1S/C8H16N4/c1-3-5-7(6-4-2)8-9-11-12-10-8/h7H,3-6H2,1-2H3,(H,9,10,11,12). The van der Waals surface area contributed by atoms with E-state index < -0.39 is 0 Å². The largest absolute Gasteiger partial charge is 0.177 e. The summed E-state index contributed by atoms with van der Waals surface area (Å²) in [4.78, 5) is 0. The zero-order chi connectivity index (χ0) is 8.81. The van der Waals surface area contributed by atoms with Gasteiger partial charge in [0.05, 0.1) is 0 Å². The molecule has 0 saturated carbocycles. The van der Waals surface area contributed by atoms with Gasteiger partial charge in [-0.05, 0) is 12.8 Å². The van der Waals surface area contributed by atoms with Crippen LogP contribution in [0, 0.1) is 0 Å². The van der Waals surface area contributed by atoms with Gasteiger partial charge in [0.15, 0.2) is 5.82 Å². The first-order chi connectivity index (χ1) is 5.88. The molecule has 0 atom stereocenters. The molecule has 1 aromatic heterocycles. The highest BCUT2D eigenvalue weighted by molar-refractivity contribution is 4.89. The van der Waals surface area contributed by atoms with Crippen molar-refractivity contribution in [3.8, 4) is 0 Å². The van der Waals surface area contributed by atoms with E-state index in [4.69, 9.17) is 0 Å². The van der Waals surface area contributed by atoms with Crippen LogP contribution in [-0.2, 0) is 0 Å². The van der Waals surface area contributed by atoms with Gasteiger partial charge in [-0.15, -0.1) is 10.2 Å². The molecule has 4 nitrogen and oxygen atoms in total. The Balaban J connectivity index is 2.53. The van der Waals surface area contributed by atoms with Gasteiger partial charge in [0.1, 0.15) is 0 Å². The van der Waals surface area contributed by atoms with Crippen molar-refractivity contribution in [2.24, 2.45) is 0 Å². The maximum Gasteiger partial charge on any atom is 0.177 e. The van der Waals surface area contributed by atoms with Crippen LogP contribution in [0.2, 0.25) is 0 Å². The van der Waals surface area contributed by atoms with Crippen LogP contribution in [0.25, 0.3) is 0 Å². The lowest BCUT2D eigenvalue weighted by molar-refractivity contribution is 0.534. The molecule has 68 valence electrons. The third-order valence-corrected chi connectivity index (χ3v) is 2.00. The summed E-state index contributed by atoms with van der Waals surface area (Å²) in [6, 6.07) is 0. The molecule has 0 fully saturated rings. The van der Waals surface area contributed by atoms with E-state index >= 15 is 0 Å². The fourth-order valence-corrected chi connectivity index (χ4v) is 1.44. The van der Waals surface area contributed by atoms with E-state index in [1.54, 1.807) is 0 Å². The molecule has 0 bridgehead atoms. The van der Waals surface area contributed by atoms with Crippen molar-refractivity contribution in [2.75, 3.05) is 0 Å². The minimum absolute atomic E-state index is 0.499. The van der Waals surface area contributed by atoms with Gasteiger partial charge in [-0.2, -0.15) is 5.21 Å². The van der Waals surface area contributed by atoms with Crippen molar-refractivity contribution >= 4 is 0 Å². The number of tetrazole rings is 1. The Morgan fingerprint density at radius 3 is 2.33 bits per heavy atom. The molecule has 1 aromatic rings. The van der Waals surface area contributed by atoms with Crippen molar-refractivity contribution in [2.45, 2.75) is 45.4 Å². The molecule has 1 heterocycles. The zero-order valence-corrected chi connectivity index (χ0v) is 7.75. The van der Waals surface area contributed by atoms with Gasteiger partial charge in [-0.1, -0.05) is 31.9 Å². The predicted molar refractivity (Wildman–Crippen MR) is 46.7 cm³/mol. The van der Waals surface area contributed by atoms with Gasteiger partial charge in [0.2, 0.25) is 0 Å². The topological polar surface area (TPSA) is 54.5 Å². The van der Waals surface area contributed by atoms with E-state index in [0.29, 0.717) is 5.92 Å². The van der Waals surface area contributed by atoms with Crippen LogP contribution in [0.3, 0.4) is 0 Å². The van der Waals surface area contributed by atoms with E-state index in [1.165, 1.54) is 12.8 Å². The van der Waals surface area contributed by atoms with Crippen molar-refractivity contribution < 1.29 is 0 Å². The number of aromatic nitrogens is 4. The maximum absolute atomic E-state index is 4.01. The molecular weight excluding hydrogens is 152 g/mol. The lowest BCUT2D eigenvalue weighted by Gasteiger charge is -2.09. The molecule has 0 radical (unpaired) electrons. The second-order valence-electron chi connectivity index (χ2n) is 3.04. The van der Waals surface area contributed by atoms with Gasteiger partial charge >= 0.3 is 0 Å². The van der Waals surface area contributed by atoms with Crippen LogP contribution < -0.4 is 0 Å². The smallest absolute Gasteiger partial charge is 0.177 e. The number of nitrogens with one attached hydrogen (secondary N) is 1. The fourth-order valence-electron chi connectivity index (χ4n) is 1.44. The fraction of sp³-hybridized carbons (Fsp3) is 0.875. The molecule has 0 aliphatic heterocycles. The van der Waals surface area contributed by atoms with E-state index in [-0.39, 0.29) is 0 Å².